The molecule has 1 heterocycles. The minimum absolute atomic E-state index is 0.213. The van der Waals surface area contributed by atoms with Crippen LogP contribution in [0.5, 0.6) is 0 Å². The number of hydrogen-bond donors (Lipinski definition) is 0. The monoisotopic (exact) mass is 208 g/mol. The molecule has 0 aromatic heterocycles. The summed E-state index contributed by atoms with van der Waals surface area (Å²) in [6, 6.07) is 0. The third-order valence-electron chi connectivity index (χ3n) is 3.26. The lowest BCUT2D eigenvalue weighted by atomic mass is 9.87. The molecule has 2 unspecified atom stereocenters. The van der Waals surface area contributed by atoms with Gasteiger partial charge in [-0.1, -0.05) is 18.2 Å². The molecule has 0 saturated carbocycles. The van der Waals surface area contributed by atoms with Crippen LogP contribution in [0.1, 0.15) is 12.8 Å². The Balaban J connectivity index is 2.16. The van der Waals surface area contributed by atoms with Gasteiger partial charge in [0.05, 0.1) is 20.3 Å². The van der Waals surface area contributed by atoms with Crippen molar-refractivity contribution in [2.45, 2.75) is 12.8 Å². The third-order valence-corrected chi connectivity index (χ3v) is 3.26. The summed E-state index contributed by atoms with van der Waals surface area (Å²) in [5, 5.41) is 0. The SMILES string of the molecule is C=C1CC=C(C(=O)OC)CC2COCC12. The number of esters is 1. The summed E-state index contributed by atoms with van der Waals surface area (Å²) < 4.78 is 10.2. The van der Waals surface area contributed by atoms with Gasteiger partial charge in [-0.25, -0.2) is 4.79 Å². The summed E-state index contributed by atoms with van der Waals surface area (Å²) in [5.41, 5.74) is 1.95. The van der Waals surface area contributed by atoms with E-state index in [1.807, 2.05) is 6.08 Å². The maximum atomic E-state index is 11.5. The number of carbonyl (C=O) groups excluding carboxylic acids is 1. The van der Waals surface area contributed by atoms with Crippen LogP contribution >= 0.6 is 0 Å². The molecule has 82 valence electrons. The van der Waals surface area contributed by atoms with Crippen molar-refractivity contribution in [3.8, 4) is 0 Å². The first-order valence-corrected chi connectivity index (χ1v) is 5.25. The van der Waals surface area contributed by atoms with E-state index in [0.29, 0.717) is 11.8 Å². The van der Waals surface area contributed by atoms with E-state index in [1.165, 1.54) is 12.7 Å². The molecule has 2 rings (SSSR count). The zero-order chi connectivity index (χ0) is 10.8. The van der Waals surface area contributed by atoms with Crippen molar-refractivity contribution in [2.75, 3.05) is 20.3 Å². The van der Waals surface area contributed by atoms with Gasteiger partial charge in [-0.15, -0.1) is 0 Å². The zero-order valence-corrected chi connectivity index (χ0v) is 8.99. The van der Waals surface area contributed by atoms with Gasteiger partial charge in [0, 0.05) is 11.5 Å². The zero-order valence-electron chi connectivity index (χ0n) is 8.99. The first-order valence-electron chi connectivity index (χ1n) is 5.25. The molecule has 2 aliphatic rings. The van der Waals surface area contributed by atoms with Crippen molar-refractivity contribution < 1.29 is 14.3 Å². The number of rotatable bonds is 1. The third kappa shape index (κ3) is 1.97. The van der Waals surface area contributed by atoms with Gasteiger partial charge in [0.2, 0.25) is 0 Å². The summed E-state index contributed by atoms with van der Waals surface area (Å²) in [5.74, 6) is 0.615. The molecular weight excluding hydrogens is 192 g/mol. The van der Waals surface area contributed by atoms with Crippen molar-refractivity contribution in [1.82, 2.24) is 0 Å². The van der Waals surface area contributed by atoms with Crippen LogP contribution < -0.4 is 0 Å². The summed E-state index contributed by atoms with van der Waals surface area (Å²) >= 11 is 0. The highest BCUT2D eigenvalue weighted by Gasteiger charge is 2.33. The summed E-state index contributed by atoms with van der Waals surface area (Å²) in [4.78, 5) is 11.5. The lowest BCUT2D eigenvalue weighted by Gasteiger charge is -2.15. The average Bonchev–Trinajstić information content (AvgIpc) is 2.65. The molecule has 0 amide bonds. The number of carbonyl (C=O) groups is 1. The van der Waals surface area contributed by atoms with Crippen LogP contribution in [0.4, 0.5) is 0 Å². The fourth-order valence-electron chi connectivity index (χ4n) is 2.32. The van der Waals surface area contributed by atoms with Gasteiger partial charge in [-0.2, -0.15) is 0 Å². The largest absolute Gasteiger partial charge is 0.466 e. The molecule has 0 aromatic carbocycles. The Morgan fingerprint density at radius 3 is 3.13 bits per heavy atom. The summed E-state index contributed by atoms with van der Waals surface area (Å²) in [7, 11) is 1.42. The maximum Gasteiger partial charge on any atom is 0.333 e. The second kappa shape index (κ2) is 4.19. The Morgan fingerprint density at radius 2 is 2.40 bits per heavy atom. The van der Waals surface area contributed by atoms with E-state index in [2.05, 4.69) is 6.58 Å². The fourth-order valence-corrected chi connectivity index (χ4v) is 2.32. The molecule has 0 N–H and O–H groups in total. The normalized spacial score (nSPS) is 30.5. The first kappa shape index (κ1) is 10.4. The van der Waals surface area contributed by atoms with Gasteiger partial charge in [0.15, 0.2) is 0 Å². The summed E-state index contributed by atoms with van der Waals surface area (Å²) in [6.45, 7) is 5.55. The van der Waals surface area contributed by atoms with E-state index in [9.17, 15) is 4.79 Å². The van der Waals surface area contributed by atoms with E-state index < -0.39 is 0 Å². The lowest BCUT2D eigenvalue weighted by molar-refractivity contribution is -0.136. The van der Waals surface area contributed by atoms with Crippen molar-refractivity contribution in [3.63, 3.8) is 0 Å². The first-order chi connectivity index (χ1) is 7.22. The number of allylic oxidation sites excluding steroid dienone is 1. The van der Waals surface area contributed by atoms with E-state index in [-0.39, 0.29) is 5.97 Å². The molecule has 1 fully saturated rings. The van der Waals surface area contributed by atoms with E-state index in [0.717, 1.165) is 31.6 Å². The number of fused-ring (bicyclic) bond motifs is 1. The van der Waals surface area contributed by atoms with Gasteiger partial charge >= 0.3 is 5.97 Å². The predicted octanol–water partition coefficient (Wildman–Crippen LogP) is 1.70. The average molecular weight is 208 g/mol. The predicted molar refractivity (Wildman–Crippen MR) is 56.3 cm³/mol. The molecule has 0 bridgehead atoms. The van der Waals surface area contributed by atoms with Gasteiger partial charge in [-0.3, -0.25) is 0 Å². The van der Waals surface area contributed by atoms with Crippen molar-refractivity contribution >= 4 is 5.97 Å². The van der Waals surface area contributed by atoms with Crippen LogP contribution in [0.3, 0.4) is 0 Å². The molecule has 3 nitrogen and oxygen atoms in total. The Labute approximate surface area is 89.8 Å². The van der Waals surface area contributed by atoms with Crippen LogP contribution in [0, 0.1) is 11.8 Å². The van der Waals surface area contributed by atoms with Crippen LogP contribution in [0.2, 0.25) is 0 Å². The highest BCUT2D eigenvalue weighted by Crippen LogP contribution is 2.36. The van der Waals surface area contributed by atoms with Gasteiger partial charge < -0.3 is 9.47 Å². The second-order valence-corrected chi connectivity index (χ2v) is 4.19. The maximum absolute atomic E-state index is 11.5. The van der Waals surface area contributed by atoms with Gasteiger partial charge in [0.1, 0.15) is 0 Å². The minimum Gasteiger partial charge on any atom is -0.466 e. The van der Waals surface area contributed by atoms with E-state index in [4.69, 9.17) is 9.47 Å². The summed E-state index contributed by atoms with van der Waals surface area (Å²) in [6.07, 6.45) is 3.48. The number of methoxy groups -OCH3 is 1. The Morgan fingerprint density at radius 1 is 1.60 bits per heavy atom. The quantitative estimate of drug-likeness (QED) is 0.486. The van der Waals surface area contributed by atoms with Crippen molar-refractivity contribution in [1.29, 1.82) is 0 Å². The Hall–Kier alpha value is -1.09. The lowest BCUT2D eigenvalue weighted by Crippen LogP contribution is -2.15. The molecular formula is C12H16O3. The van der Waals surface area contributed by atoms with Crippen LogP contribution in [0.25, 0.3) is 0 Å². The van der Waals surface area contributed by atoms with Crippen LogP contribution in [-0.2, 0) is 14.3 Å². The Bertz CT molecular complexity index is 317. The Kier molecular flexibility index (Phi) is 2.91. The minimum atomic E-state index is -0.213. The highest BCUT2D eigenvalue weighted by atomic mass is 16.5. The molecule has 15 heavy (non-hydrogen) atoms. The van der Waals surface area contributed by atoms with Crippen molar-refractivity contribution in [3.05, 3.63) is 23.8 Å². The molecule has 1 saturated heterocycles. The molecule has 2 atom stereocenters. The molecule has 0 spiro atoms. The van der Waals surface area contributed by atoms with Gasteiger partial charge in [-0.05, 0) is 18.8 Å². The molecule has 1 aliphatic carbocycles. The standard InChI is InChI=1S/C12H16O3/c1-8-3-4-9(12(13)14-2)5-10-6-15-7-11(8)10/h4,10-11H,1,3,5-7H2,2H3. The highest BCUT2D eigenvalue weighted by molar-refractivity contribution is 5.88. The van der Waals surface area contributed by atoms with Crippen LogP contribution in [0.15, 0.2) is 23.8 Å². The topological polar surface area (TPSA) is 35.5 Å². The molecule has 0 aromatic rings. The van der Waals surface area contributed by atoms with E-state index in [1.54, 1.807) is 0 Å². The molecule has 0 radical (unpaired) electrons. The van der Waals surface area contributed by atoms with Crippen LogP contribution in [-0.4, -0.2) is 26.3 Å². The van der Waals surface area contributed by atoms with Gasteiger partial charge in [0.25, 0.3) is 0 Å². The number of ether oxygens (including phenoxy) is 2. The fraction of sp³-hybridized carbons (Fsp3) is 0.583. The second-order valence-electron chi connectivity index (χ2n) is 4.19. The molecule has 3 heteroatoms. The van der Waals surface area contributed by atoms with Crippen molar-refractivity contribution in [2.24, 2.45) is 11.8 Å². The number of hydrogen-bond acceptors (Lipinski definition) is 3. The molecule has 1 aliphatic heterocycles. The van der Waals surface area contributed by atoms with E-state index >= 15 is 0 Å². The smallest absolute Gasteiger partial charge is 0.333 e.